The molecule has 3 rings (SSSR count). The Bertz CT molecular complexity index is 648. The van der Waals surface area contributed by atoms with Gasteiger partial charge in [0.2, 0.25) is 0 Å². The van der Waals surface area contributed by atoms with Gasteiger partial charge in [0, 0.05) is 58.1 Å². The second kappa shape index (κ2) is 13.2. The summed E-state index contributed by atoms with van der Waals surface area (Å²) < 4.78 is 5.36. The number of unbranched alkanes of at least 4 members (excludes halogenated alkanes) is 1. The van der Waals surface area contributed by atoms with Gasteiger partial charge in [0.25, 0.3) is 0 Å². The van der Waals surface area contributed by atoms with Crippen LogP contribution in [-0.4, -0.2) is 82.3 Å². The van der Waals surface area contributed by atoms with Gasteiger partial charge in [-0.15, -0.1) is 24.0 Å². The van der Waals surface area contributed by atoms with Crippen LogP contribution in [0.15, 0.2) is 29.3 Å². The minimum Gasteiger partial charge on any atom is -0.497 e. The highest BCUT2D eigenvalue weighted by atomic mass is 127. The maximum Gasteiger partial charge on any atom is 0.193 e. The van der Waals surface area contributed by atoms with Crippen molar-refractivity contribution < 1.29 is 4.74 Å². The molecule has 1 aromatic rings. The quantitative estimate of drug-likeness (QED) is 0.254. The van der Waals surface area contributed by atoms with E-state index in [2.05, 4.69) is 50.1 Å². The molecule has 0 bridgehead atoms. The highest BCUT2D eigenvalue weighted by Crippen LogP contribution is 2.22. The first-order valence-corrected chi connectivity index (χ1v) is 11.3. The molecule has 2 aliphatic rings. The van der Waals surface area contributed by atoms with Gasteiger partial charge in [-0.2, -0.15) is 0 Å². The van der Waals surface area contributed by atoms with Gasteiger partial charge in [-0.25, -0.2) is 0 Å². The second-order valence-corrected chi connectivity index (χ2v) is 8.40. The van der Waals surface area contributed by atoms with E-state index in [1.54, 1.807) is 7.11 Å². The van der Waals surface area contributed by atoms with Gasteiger partial charge in [0.05, 0.1) is 7.11 Å². The minimum absolute atomic E-state index is 0. The SMILES string of the molecule is CN=C(NCCCCN1CCCC(C)C1)N1CCN(c2cccc(OC)c2)CC1.I. The molecule has 2 heterocycles. The number of nitrogens with zero attached hydrogens (tertiary/aromatic N) is 4. The molecular formula is C23H40IN5O. The summed E-state index contributed by atoms with van der Waals surface area (Å²) in [5.41, 5.74) is 1.24. The number of guanidine groups is 1. The average molecular weight is 530 g/mol. The largest absolute Gasteiger partial charge is 0.497 e. The number of benzene rings is 1. The van der Waals surface area contributed by atoms with Gasteiger partial charge in [-0.3, -0.25) is 4.99 Å². The molecule has 30 heavy (non-hydrogen) atoms. The van der Waals surface area contributed by atoms with E-state index in [9.17, 15) is 0 Å². The third kappa shape index (κ3) is 7.48. The van der Waals surface area contributed by atoms with Crippen molar-refractivity contribution in [2.75, 3.05) is 71.4 Å². The van der Waals surface area contributed by atoms with E-state index in [0.717, 1.165) is 50.4 Å². The molecule has 0 amide bonds. The van der Waals surface area contributed by atoms with Crippen molar-refractivity contribution in [1.82, 2.24) is 15.1 Å². The Morgan fingerprint density at radius 1 is 1.17 bits per heavy atom. The fraction of sp³-hybridized carbons (Fsp3) is 0.696. The fourth-order valence-corrected chi connectivity index (χ4v) is 4.47. The lowest BCUT2D eigenvalue weighted by atomic mass is 10.0. The summed E-state index contributed by atoms with van der Waals surface area (Å²) in [5.74, 6) is 2.83. The number of anilines is 1. The van der Waals surface area contributed by atoms with Crippen LogP contribution in [0.2, 0.25) is 0 Å². The zero-order chi connectivity index (χ0) is 20.5. The van der Waals surface area contributed by atoms with E-state index in [1.807, 2.05) is 13.1 Å². The normalized spacial score (nSPS) is 20.6. The predicted molar refractivity (Wildman–Crippen MR) is 138 cm³/mol. The standard InChI is InChI=1S/C23H39N5O.HI/c1-20-8-7-13-26(19-20)12-5-4-11-25-23(24-2)28-16-14-27(15-17-28)21-9-6-10-22(18-21)29-3;/h6,9-10,18,20H,4-5,7-8,11-17,19H2,1-3H3,(H,24,25);1H. The first kappa shape index (κ1) is 25.0. The Morgan fingerprint density at radius 2 is 1.97 bits per heavy atom. The third-order valence-corrected chi connectivity index (χ3v) is 6.13. The van der Waals surface area contributed by atoms with Crippen LogP contribution in [-0.2, 0) is 0 Å². The molecule has 0 aromatic heterocycles. The number of ether oxygens (including phenoxy) is 1. The summed E-state index contributed by atoms with van der Waals surface area (Å²) in [5, 5.41) is 3.58. The maximum absolute atomic E-state index is 5.36. The summed E-state index contributed by atoms with van der Waals surface area (Å²) in [6.07, 6.45) is 5.24. The molecule has 1 unspecified atom stereocenters. The topological polar surface area (TPSA) is 43.3 Å². The van der Waals surface area contributed by atoms with Gasteiger partial charge in [0.1, 0.15) is 5.75 Å². The zero-order valence-corrected chi connectivity index (χ0v) is 21.3. The molecule has 2 saturated heterocycles. The third-order valence-electron chi connectivity index (χ3n) is 6.13. The first-order valence-electron chi connectivity index (χ1n) is 11.3. The molecule has 2 aliphatic heterocycles. The van der Waals surface area contributed by atoms with Crippen LogP contribution in [0.3, 0.4) is 0 Å². The lowest BCUT2D eigenvalue weighted by Gasteiger charge is -2.37. The molecule has 2 fully saturated rings. The summed E-state index contributed by atoms with van der Waals surface area (Å²) >= 11 is 0. The van der Waals surface area contributed by atoms with Crippen molar-refractivity contribution in [3.05, 3.63) is 24.3 Å². The van der Waals surface area contributed by atoms with E-state index in [0.29, 0.717) is 0 Å². The Kier molecular flexibility index (Phi) is 11.1. The molecule has 7 heteroatoms. The van der Waals surface area contributed by atoms with Crippen LogP contribution in [0.4, 0.5) is 5.69 Å². The van der Waals surface area contributed by atoms with E-state index in [-0.39, 0.29) is 24.0 Å². The van der Waals surface area contributed by atoms with Gasteiger partial charge < -0.3 is 24.8 Å². The fourth-order valence-electron chi connectivity index (χ4n) is 4.47. The summed E-state index contributed by atoms with van der Waals surface area (Å²) in [7, 11) is 3.62. The molecule has 0 radical (unpaired) electrons. The van der Waals surface area contributed by atoms with Crippen LogP contribution in [0.1, 0.15) is 32.6 Å². The number of hydrogen-bond acceptors (Lipinski definition) is 4. The molecule has 0 aliphatic carbocycles. The van der Waals surface area contributed by atoms with Crippen LogP contribution in [0, 0.1) is 5.92 Å². The second-order valence-electron chi connectivity index (χ2n) is 8.40. The van der Waals surface area contributed by atoms with Crippen LogP contribution in [0.25, 0.3) is 0 Å². The van der Waals surface area contributed by atoms with E-state index in [4.69, 9.17) is 4.74 Å². The monoisotopic (exact) mass is 529 g/mol. The molecule has 1 aromatic carbocycles. The minimum atomic E-state index is 0. The number of aliphatic imine (C=N–C) groups is 1. The van der Waals surface area contributed by atoms with Gasteiger partial charge >= 0.3 is 0 Å². The van der Waals surface area contributed by atoms with Crippen molar-refractivity contribution in [3.63, 3.8) is 0 Å². The summed E-state index contributed by atoms with van der Waals surface area (Å²) in [4.78, 5) is 12.0. The average Bonchev–Trinajstić information content (AvgIpc) is 2.76. The van der Waals surface area contributed by atoms with E-state index >= 15 is 0 Å². The number of likely N-dealkylation sites (tertiary alicyclic amines) is 1. The number of piperidine rings is 1. The van der Waals surface area contributed by atoms with Crippen LogP contribution >= 0.6 is 24.0 Å². The number of hydrogen-bond donors (Lipinski definition) is 1. The lowest BCUT2D eigenvalue weighted by Crippen LogP contribution is -2.52. The zero-order valence-electron chi connectivity index (χ0n) is 19.0. The van der Waals surface area contributed by atoms with Crippen LogP contribution in [0.5, 0.6) is 5.75 Å². The molecular weight excluding hydrogens is 489 g/mol. The summed E-state index contributed by atoms with van der Waals surface area (Å²) in [6.45, 7) is 11.2. The predicted octanol–water partition coefficient (Wildman–Crippen LogP) is 3.52. The van der Waals surface area contributed by atoms with Gasteiger partial charge in [-0.05, 0) is 56.8 Å². The molecule has 170 valence electrons. The molecule has 0 saturated carbocycles. The Hall–Kier alpha value is -1.22. The molecule has 0 spiro atoms. The summed E-state index contributed by atoms with van der Waals surface area (Å²) in [6, 6.07) is 8.34. The van der Waals surface area contributed by atoms with Crippen LogP contribution < -0.4 is 15.0 Å². The van der Waals surface area contributed by atoms with E-state index < -0.39 is 0 Å². The number of methoxy groups -OCH3 is 1. The molecule has 1 N–H and O–H groups in total. The van der Waals surface area contributed by atoms with Crippen molar-refractivity contribution >= 4 is 35.6 Å². The smallest absolute Gasteiger partial charge is 0.193 e. The number of nitrogens with one attached hydrogen (secondary N) is 1. The number of halogens is 1. The van der Waals surface area contributed by atoms with Crippen molar-refractivity contribution in [3.8, 4) is 5.75 Å². The van der Waals surface area contributed by atoms with Crippen molar-refractivity contribution in [1.29, 1.82) is 0 Å². The van der Waals surface area contributed by atoms with Crippen molar-refractivity contribution in [2.45, 2.75) is 32.6 Å². The highest BCUT2D eigenvalue weighted by Gasteiger charge is 2.20. The van der Waals surface area contributed by atoms with Gasteiger partial charge in [-0.1, -0.05) is 13.0 Å². The van der Waals surface area contributed by atoms with Crippen molar-refractivity contribution in [2.24, 2.45) is 10.9 Å². The maximum atomic E-state index is 5.36. The molecule has 6 nitrogen and oxygen atoms in total. The Balaban J connectivity index is 0.00000320. The van der Waals surface area contributed by atoms with E-state index in [1.165, 1.54) is 51.0 Å². The Labute approximate surface area is 200 Å². The molecule has 1 atom stereocenters. The first-order chi connectivity index (χ1) is 14.2. The highest BCUT2D eigenvalue weighted by molar-refractivity contribution is 14.0. The number of piperazine rings is 1. The number of rotatable bonds is 7. The van der Waals surface area contributed by atoms with Gasteiger partial charge in [0.15, 0.2) is 5.96 Å². The lowest BCUT2D eigenvalue weighted by molar-refractivity contribution is 0.181. The Morgan fingerprint density at radius 3 is 2.67 bits per heavy atom.